The van der Waals surface area contributed by atoms with Gasteiger partial charge in [-0.3, -0.25) is 14.6 Å². The molecule has 6 heteroatoms. The Hall–Kier alpha value is -2.89. The lowest BCUT2D eigenvalue weighted by Crippen LogP contribution is -2.35. The summed E-state index contributed by atoms with van der Waals surface area (Å²) < 4.78 is 5.28. The first-order valence-corrected chi connectivity index (χ1v) is 8.84. The van der Waals surface area contributed by atoms with E-state index in [-0.39, 0.29) is 17.5 Å². The number of hydrogen-bond acceptors (Lipinski definition) is 4. The van der Waals surface area contributed by atoms with Gasteiger partial charge in [0.05, 0.1) is 7.11 Å². The topological polar surface area (TPSA) is 71.5 Å². The van der Waals surface area contributed by atoms with Gasteiger partial charge in [0.1, 0.15) is 11.4 Å². The van der Waals surface area contributed by atoms with Crippen molar-refractivity contribution < 1.29 is 14.3 Å². The minimum absolute atomic E-state index is 0.0362. The van der Waals surface area contributed by atoms with E-state index in [9.17, 15) is 9.59 Å². The number of nitrogens with zero attached hydrogens (tertiary/aromatic N) is 2. The molecule has 1 saturated heterocycles. The first-order valence-electron chi connectivity index (χ1n) is 8.84. The molecule has 3 rings (SSSR count). The molecule has 1 N–H and O–H groups in total. The van der Waals surface area contributed by atoms with Crippen LogP contribution in [0.1, 0.15) is 45.7 Å². The SMILES string of the molecule is COc1ccccc1CNC(=O)c1cc(C(=O)N2CCCCC2)ccn1. The fourth-order valence-corrected chi connectivity index (χ4v) is 3.08. The van der Waals surface area contributed by atoms with Gasteiger partial charge in [0.2, 0.25) is 0 Å². The van der Waals surface area contributed by atoms with Crippen LogP contribution in [-0.2, 0) is 6.54 Å². The molecule has 1 aromatic heterocycles. The van der Waals surface area contributed by atoms with Crippen molar-refractivity contribution in [3.8, 4) is 5.75 Å². The predicted octanol–water partition coefficient (Wildman–Crippen LogP) is 2.65. The van der Waals surface area contributed by atoms with Crippen LogP contribution in [0.2, 0.25) is 0 Å². The molecule has 0 saturated carbocycles. The summed E-state index contributed by atoms with van der Waals surface area (Å²) in [5.41, 5.74) is 1.62. The summed E-state index contributed by atoms with van der Waals surface area (Å²) in [5.74, 6) is 0.366. The predicted molar refractivity (Wildman–Crippen MR) is 98.2 cm³/mol. The number of benzene rings is 1. The smallest absolute Gasteiger partial charge is 0.270 e. The van der Waals surface area contributed by atoms with Crippen molar-refractivity contribution in [1.82, 2.24) is 15.2 Å². The molecule has 26 heavy (non-hydrogen) atoms. The molecule has 1 aromatic carbocycles. The number of amides is 2. The standard InChI is InChI=1S/C20H23N3O3/c1-26-18-8-4-3-7-16(18)14-22-19(24)17-13-15(9-10-21-17)20(25)23-11-5-2-6-12-23/h3-4,7-10,13H,2,5-6,11-12,14H2,1H3,(H,22,24). The van der Waals surface area contributed by atoms with Gasteiger partial charge in [0.15, 0.2) is 0 Å². The van der Waals surface area contributed by atoms with E-state index in [0.717, 1.165) is 43.7 Å². The van der Waals surface area contributed by atoms with Gasteiger partial charge >= 0.3 is 0 Å². The van der Waals surface area contributed by atoms with Gasteiger partial charge < -0.3 is 15.0 Å². The maximum absolute atomic E-state index is 12.6. The molecule has 1 aliphatic heterocycles. The summed E-state index contributed by atoms with van der Waals surface area (Å²) >= 11 is 0. The number of para-hydroxylation sites is 1. The number of ether oxygens (including phenoxy) is 1. The molecule has 0 spiro atoms. The molecule has 0 aliphatic carbocycles. The molecule has 1 aliphatic rings. The van der Waals surface area contributed by atoms with Crippen LogP contribution in [0.25, 0.3) is 0 Å². The number of rotatable bonds is 5. The van der Waals surface area contributed by atoms with Crippen LogP contribution in [0, 0.1) is 0 Å². The fraction of sp³-hybridized carbons (Fsp3) is 0.350. The second-order valence-corrected chi connectivity index (χ2v) is 6.28. The summed E-state index contributed by atoms with van der Waals surface area (Å²) in [7, 11) is 1.60. The summed E-state index contributed by atoms with van der Waals surface area (Å²) in [6.45, 7) is 1.88. The van der Waals surface area contributed by atoms with Crippen LogP contribution in [0.5, 0.6) is 5.75 Å². The number of pyridine rings is 1. The number of aromatic nitrogens is 1. The molecule has 1 fully saturated rings. The second kappa shape index (κ2) is 8.47. The van der Waals surface area contributed by atoms with E-state index in [1.165, 1.54) is 6.20 Å². The minimum Gasteiger partial charge on any atom is -0.496 e. The molecule has 0 radical (unpaired) electrons. The molecule has 2 aromatic rings. The maximum Gasteiger partial charge on any atom is 0.270 e. The fourth-order valence-electron chi connectivity index (χ4n) is 3.08. The first kappa shape index (κ1) is 17.9. The van der Waals surface area contributed by atoms with E-state index >= 15 is 0 Å². The minimum atomic E-state index is -0.316. The summed E-state index contributed by atoms with van der Waals surface area (Å²) in [5, 5.41) is 2.83. The molecule has 6 nitrogen and oxygen atoms in total. The highest BCUT2D eigenvalue weighted by Crippen LogP contribution is 2.17. The third-order valence-corrected chi connectivity index (χ3v) is 4.51. The molecule has 2 amide bonds. The molecule has 2 heterocycles. The van der Waals surface area contributed by atoms with E-state index in [1.807, 2.05) is 29.2 Å². The van der Waals surface area contributed by atoms with Gasteiger partial charge in [-0.15, -0.1) is 0 Å². The Morgan fingerprint density at radius 2 is 1.92 bits per heavy atom. The van der Waals surface area contributed by atoms with Crippen molar-refractivity contribution in [1.29, 1.82) is 0 Å². The molecule has 0 unspecified atom stereocenters. The monoisotopic (exact) mass is 353 g/mol. The number of piperidine rings is 1. The quantitative estimate of drug-likeness (QED) is 0.897. The highest BCUT2D eigenvalue weighted by atomic mass is 16.5. The Kier molecular flexibility index (Phi) is 5.84. The zero-order valence-electron chi connectivity index (χ0n) is 14.9. The number of methoxy groups -OCH3 is 1. The average Bonchev–Trinajstić information content (AvgIpc) is 2.72. The largest absolute Gasteiger partial charge is 0.496 e. The van der Waals surface area contributed by atoms with Crippen LogP contribution in [0.4, 0.5) is 0 Å². The van der Waals surface area contributed by atoms with Crippen molar-refractivity contribution in [2.45, 2.75) is 25.8 Å². The number of carbonyl (C=O) groups excluding carboxylic acids is 2. The number of carbonyl (C=O) groups is 2. The molecular formula is C20H23N3O3. The maximum atomic E-state index is 12.6. The van der Waals surface area contributed by atoms with Gasteiger partial charge in [-0.05, 0) is 37.5 Å². The van der Waals surface area contributed by atoms with Crippen LogP contribution in [0.15, 0.2) is 42.6 Å². The van der Waals surface area contributed by atoms with E-state index in [4.69, 9.17) is 4.74 Å². The van der Waals surface area contributed by atoms with Crippen molar-refractivity contribution in [2.24, 2.45) is 0 Å². The number of likely N-dealkylation sites (tertiary alicyclic amines) is 1. The third kappa shape index (κ3) is 4.20. The van der Waals surface area contributed by atoms with Crippen LogP contribution >= 0.6 is 0 Å². The zero-order chi connectivity index (χ0) is 18.4. The lowest BCUT2D eigenvalue weighted by molar-refractivity contribution is 0.0724. The van der Waals surface area contributed by atoms with E-state index in [2.05, 4.69) is 10.3 Å². The normalized spacial score (nSPS) is 14.0. The molecule has 0 atom stereocenters. The van der Waals surface area contributed by atoms with Crippen molar-refractivity contribution in [2.75, 3.05) is 20.2 Å². The average molecular weight is 353 g/mol. The van der Waals surface area contributed by atoms with Crippen LogP contribution < -0.4 is 10.1 Å². The van der Waals surface area contributed by atoms with Crippen LogP contribution in [0.3, 0.4) is 0 Å². The van der Waals surface area contributed by atoms with Gasteiger partial charge in [-0.1, -0.05) is 18.2 Å². The lowest BCUT2D eigenvalue weighted by atomic mass is 10.1. The first-order chi connectivity index (χ1) is 12.7. The van der Waals surface area contributed by atoms with Gasteiger partial charge in [0, 0.05) is 37.0 Å². The highest BCUT2D eigenvalue weighted by Gasteiger charge is 2.19. The van der Waals surface area contributed by atoms with Gasteiger partial charge in [0.25, 0.3) is 11.8 Å². The summed E-state index contributed by atoms with van der Waals surface area (Å²) in [6, 6.07) is 10.7. The van der Waals surface area contributed by atoms with Crippen LogP contribution in [-0.4, -0.2) is 41.9 Å². The Balaban J connectivity index is 1.67. The molecule has 136 valence electrons. The Morgan fingerprint density at radius 1 is 1.15 bits per heavy atom. The summed E-state index contributed by atoms with van der Waals surface area (Å²) in [4.78, 5) is 31.0. The summed E-state index contributed by atoms with van der Waals surface area (Å²) in [6.07, 6.45) is 4.73. The third-order valence-electron chi connectivity index (χ3n) is 4.51. The Morgan fingerprint density at radius 3 is 2.69 bits per heavy atom. The van der Waals surface area contributed by atoms with Gasteiger partial charge in [-0.25, -0.2) is 0 Å². The Labute approximate surface area is 153 Å². The van der Waals surface area contributed by atoms with Crippen molar-refractivity contribution in [3.63, 3.8) is 0 Å². The Bertz CT molecular complexity index is 785. The molecule has 0 bridgehead atoms. The van der Waals surface area contributed by atoms with E-state index in [1.54, 1.807) is 19.2 Å². The second-order valence-electron chi connectivity index (χ2n) is 6.28. The highest BCUT2D eigenvalue weighted by molar-refractivity contribution is 5.98. The lowest BCUT2D eigenvalue weighted by Gasteiger charge is -2.26. The van der Waals surface area contributed by atoms with Crippen molar-refractivity contribution in [3.05, 3.63) is 59.4 Å². The number of nitrogens with one attached hydrogen (secondary N) is 1. The number of hydrogen-bond donors (Lipinski definition) is 1. The zero-order valence-corrected chi connectivity index (χ0v) is 14.9. The van der Waals surface area contributed by atoms with E-state index in [0.29, 0.717) is 12.1 Å². The van der Waals surface area contributed by atoms with E-state index < -0.39 is 0 Å². The van der Waals surface area contributed by atoms with Gasteiger partial charge in [-0.2, -0.15) is 0 Å². The molecular weight excluding hydrogens is 330 g/mol. The van der Waals surface area contributed by atoms with Crippen molar-refractivity contribution >= 4 is 11.8 Å².